The molecule has 4 heterocycles. The van der Waals surface area contributed by atoms with E-state index in [1.165, 1.54) is 31.6 Å². The second kappa shape index (κ2) is 7.80. The number of aromatic nitrogens is 3. The number of halogens is 2. The predicted octanol–water partition coefficient (Wildman–Crippen LogP) is 4.52. The summed E-state index contributed by atoms with van der Waals surface area (Å²) in [5.74, 6) is -1.75. The summed E-state index contributed by atoms with van der Waals surface area (Å²) in [4.78, 5) is 44.9. The average Bonchev–Trinajstić information content (AvgIpc) is 3.39. The monoisotopic (exact) mass is 503 g/mol. The van der Waals surface area contributed by atoms with Crippen LogP contribution >= 0.6 is 34.3 Å². The Morgan fingerprint density at radius 3 is 2.70 bits per heavy atom. The molecule has 0 aliphatic carbocycles. The number of carbonyl (C=O) groups is 1. The molecule has 0 atom stereocenters. The summed E-state index contributed by atoms with van der Waals surface area (Å²) in [6.07, 6.45) is 2.80. The van der Waals surface area contributed by atoms with Gasteiger partial charge in [0.2, 0.25) is 0 Å². The highest BCUT2D eigenvalue weighted by molar-refractivity contribution is 7.22. The standard InChI is InChI=1S/C21H11ClFN3O5S2/c1-31-14-3-9(10(22)4-11(14)23)15-5-12-18(32-15)19(27)26(21(30)25-12)13-7-24-6-8-2-16(20(28)29)33-17(8)13/h2-7H,1H3,(H,25,30)(H,28,29). The van der Waals surface area contributed by atoms with Crippen LogP contribution in [0.4, 0.5) is 4.39 Å². The first-order valence-electron chi connectivity index (χ1n) is 9.22. The summed E-state index contributed by atoms with van der Waals surface area (Å²) in [6.45, 7) is 0. The lowest BCUT2D eigenvalue weighted by Crippen LogP contribution is -2.33. The number of methoxy groups -OCH3 is 1. The van der Waals surface area contributed by atoms with Gasteiger partial charge in [-0.05, 0) is 24.3 Å². The fraction of sp³-hybridized carbons (Fsp3) is 0.0476. The van der Waals surface area contributed by atoms with E-state index in [1.807, 2.05) is 0 Å². The second-order valence-corrected chi connectivity index (χ2v) is 9.40. The van der Waals surface area contributed by atoms with Crippen molar-refractivity contribution in [2.75, 3.05) is 7.11 Å². The molecule has 0 fully saturated rings. The highest BCUT2D eigenvalue weighted by atomic mass is 35.5. The number of fused-ring (bicyclic) bond motifs is 2. The maximum Gasteiger partial charge on any atom is 0.345 e. The minimum Gasteiger partial charge on any atom is -0.494 e. The number of nitrogens with one attached hydrogen (secondary N) is 1. The number of rotatable bonds is 4. The van der Waals surface area contributed by atoms with Crippen molar-refractivity contribution in [1.82, 2.24) is 14.5 Å². The molecule has 5 aromatic rings. The summed E-state index contributed by atoms with van der Waals surface area (Å²) < 4.78 is 20.6. The molecular formula is C21H11ClFN3O5S2. The van der Waals surface area contributed by atoms with E-state index in [9.17, 15) is 23.9 Å². The number of pyridine rings is 1. The van der Waals surface area contributed by atoms with Gasteiger partial charge in [-0.2, -0.15) is 0 Å². The molecule has 12 heteroatoms. The number of H-pyrrole nitrogens is 1. The first kappa shape index (κ1) is 21.3. The van der Waals surface area contributed by atoms with Crippen molar-refractivity contribution >= 4 is 60.5 Å². The molecule has 33 heavy (non-hydrogen) atoms. The lowest BCUT2D eigenvalue weighted by atomic mass is 10.1. The van der Waals surface area contributed by atoms with Crippen molar-refractivity contribution in [3.63, 3.8) is 0 Å². The predicted molar refractivity (Wildman–Crippen MR) is 125 cm³/mol. The molecule has 0 amide bonds. The van der Waals surface area contributed by atoms with E-state index in [0.29, 0.717) is 20.5 Å². The Hall–Kier alpha value is -3.54. The van der Waals surface area contributed by atoms with Crippen LogP contribution in [-0.2, 0) is 0 Å². The molecule has 0 aliphatic heterocycles. The smallest absolute Gasteiger partial charge is 0.345 e. The van der Waals surface area contributed by atoms with Gasteiger partial charge >= 0.3 is 11.7 Å². The van der Waals surface area contributed by atoms with Crippen LogP contribution in [0.25, 0.3) is 36.4 Å². The van der Waals surface area contributed by atoms with Gasteiger partial charge in [0.05, 0.1) is 34.2 Å². The third-order valence-electron chi connectivity index (χ3n) is 4.94. The van der Waals surface area contributed by atoms with E-state index in [0.717, 1.165) is 33.3 Å². The van der Waals surface area contributed by atoms with Gasteiger partial charge in [0, 0.05) is 22.0 Å². The van der Waals surface area contributed by atoms with Gasteiger partial charge in [0.15, 0.2) is 11.6 Å². The Labute approximate surface area is 196 Å². The third kappa shape index (κ3) is 3.41. The zero-order valence-corrected chi connectivity index (χ0v) is 18.9. The normalized spacial score (nSPS) is 11.4. The molecule has 0 saturated carbocycles. The maximum absolute atomic E-state index is 13.9. The van der Waals surface area contributed by atoms with Crippen LogP contribution in [0.1, 0.15) is 9.67 Å². The Morgan fingerprint density at radius 1 is 1.18 bits per heavy atom. The average molecular weight is 504 g/mol. The van der Waals surface area contributed by atoms with Crippen LogP contribution < -0.4 is 16.0 Å². The topological polar surface area (TPSA) is 114 Å². The molecule has 1 aromatic carbocycles. The van der Waals surface area contributed by atoms with E-state index in [4.69, 9.17) is 16.3 Å². The first-order valence-corrected chi connectivity index (χ1v) is 11.2. The molecule has 0 spiro atoms. The van der Waals surface area contributed by atoms with Crippen LogP contribution in [-0.4, -0.2) is 32.7 Å². The number of nitrogens with zero attached hydrogens (tertiary/aromatic N) is 2. The maximum atomic E-state index is 13.9. The van der Waals surface area contributed by atoms with Gasteiger partial charge in [0.25, 0.3) is 5.56 Å². The zero-order chi connectivity index (χ0) is 23.4. The number of ether oxygens (including phenoxy) is 1. The van der Waals surface area contributed by atoms with Gasteiger partial charge in [-0.15, -0.1) is 22.7 Å². The van der Waals surface area contributed by atoms with E-state index >= 15 is 0 Å². The summed E-state index contributed by atoms with van der Waals surface area (Å²) in [5.41, 5.74) is -0.405. The third-order valence-corrected chi connectivity index (χ3v) is 7.57. The Morgan fingerprint density at radius 2 is 1.97 bits per heavy atom. The molecule has 0 unspecified atom stereocenters. The van der Waals surface area contributed by atoms with Crippen LogP contribution in [0.2, 0.25) is 5.02 Å². The fourth-order valence-electron chi connectivity index (χ4n) is 3.45. The molecule has 166 valence electrons. The molecule has 5 rings (SSSR count). The Kier molecular flexibility index (Phi) is 5.04. The van der Waals surface area contributed by atoms with E-state index in [2.05, 4.69) is 9.97 Å². The summed E-state index contributed by atoms with van der Waals surface area (Å²) in [7, 11) is 1.33. The van der Waals surface area contributed by atoms with Gasteiger partial charge in [-0.25, -0.2) is 18.5 Å². The Balaban J connectivity index is 1.75. The fourth-order valence-corrected chi connectivity index (χ4v) is 5.80. The molecule has 2 N–H and O–H groups in total. The number of benzene rings is 1. The van der Waals surface area contributed by atoms with Crippen molar-refractivity contribution in [3.05, 3.63) is 73.2 Å². The number of carboxylic acids is 1. The van der Waals surface area contributed by atoms with Crippen LogP contribution in [0.5, 0.6) is 5.75 Å². The largest absolute Gasteiger partial charge is 0.494 e. The number of carboxylic acid groups (broad SMARTS) is 1. The van der Waals surface area contributed by atoms with Crippen LogP contribution in [0, 0.1) is 5.82 Å². The van der Waals surface area contributed by atoms with E-state index < -0.39 is 23.0 Å². The highest BCUT2D eigenvalue weighted by Gasteiger charge is 2.20. The molecule has 0 radical (unpaired) electrons. The molecule has 8 nitrogen and oxygen atoms in total. The van der Waals surface area contributed by atoms with E-state index in [-0.39, 0.29) is 31.6 Å². The lowest BCUT2D eigenvalue weighted by Gasteiger charge is -2.06. The highest BCUT2D eigenvalue weighted by Crippen LogP contribution is 2.38. The van der Waals surface area contributed by atoms with Crippen molar-refractivity contribution in [1.29, 1.82) is 0 Å². The van der Waals surface area contributed by atoms with Gasteiger partial charge in [-0.3, -0.25) is 9.78 Å². The molecule has 0 bridgehead atoms. The zero-order valence-electron chi connectivity index (χ0n) is 16.5. The summed E-state index contributed by atoms with van der Waals surface area (Å²) in [5, 5.41) is 9.92. The molecular weight excluding hydrogens is 493 g/mol. The summed E-state index contributed by atoms with van der Waals surface area (Å²) in [6, 6.07) is 5.55. The van der Waals surface area contributed by atoms with Crippen molar-refractivity contribution < 1.29 is 19.0 Å². The number of aromatic amines is 1. The molecule has 0 saturated heterocycles. The van der Waals surface area contributed by atoms with Crippen molar-refractivity contribution in [3.8, 4) is 21.9 Å². The van der Waals surface area contributed by atoms with Crippen molar-refractivity contribution in [2.24, 2.45) is 0 Å². The number of thiophene rings is 2. The number of aromatic carboxylic acids is 1. The van der Waals surface area contributed by atoms with E-state index in [1.54, 1.807) is 6.07 Å². The number of hydrogen-bond donors (Lipinski definition) is 2. The SMILES string of the molecule is COc1cc(-c2cc3[nH]c(=O)n(-c4cncc5cc(C(=O)O)sc45)c(=O)c3s2)c(Cl)cc1F. The quantitative estimate of drug-likeness (QED) is 0.373. The van der Waals surface area contributed by atoms with Gasteiger partial charge in [-0.1, -0.05) is 11.6 Å². The minimum atomic E-state index is -1.12. The van der Waals surface area contributed by atoms with Gasteiger partial charge < -0.3 is 14.8 Å². The molecule has 0 aliphatic rings. The molecule has 4 aromatic heterocycles. The van der Waals surface area contributed by atoms with Crippen LogP contribution in [0.3, 0.4) is 0 Å². The van der Waals surface area contributed by atoms with Gasteiger partial charge in [0.1, 0.15) is 9.58 Å². The number of hydrogen-bond acceptors (Lipinski definition) is 7. The summed E-state index contributed by atoms with van der Waals surface area (Å²) >= 11 is 8.23. The lowest BCUT2D eigenvalue weighted by molar-refractivity contribution is 0.0702. The first-order chi connectivity index (χ1) is 15.8. The second-order valence-electron chi connectivity index (χ2n) is 6.88. The van der Waals surface area contributed by atoms with Crippen LogP contribution in [0.15, 0.2) is 46.2 Å². The minimum absolute atomic E-state index is 0.0116. The Bertz CT molecular complexity index is 1720. The van der Waals surface area contributed by atoms with Crippen molar-refractivity contribution in [2.45, 2.75) is 0 Å².